The molecule has 1 atom stereocenters. The Balaban J connectivity index is 1.53. The number of hydrogen-bond donors (Lipinski definition) is 1. The quantitative estimate of drug-likeness (QED) is 0.859. The van der Waals surface area contributed by atoms with Crippen LogP contribution in [0, 0.1) is 0 Å². The molecule has 0 radical (unpaired) electrons. The van der Waals surface area contributed by atoms with Gasteiger partial charge in [0, 0.05) is 44.0 Å². The Bertz CT molecular complexity index is 662. The number of Topliss-reactive ketones (excluding diaryl/α,β-unsaturated/α-hetero) is 1. The van der Waals surface area contributed by atoms with Crippen molar-refractivity contribution in [2.75, 3.05) is 37.6 Å². The average Bonchev–Trinajstić information content (AvgIpc) is 2.63. The zero-order valence-corrected chi connectivity index (χ0v) is 14.1. The van der Waals surface area contributed by atoms with Gasteiger partial charge in [-0.15, -0.1) is 0 Å². The minimum Gasteiger partial charge on any atom is -0.387 e. The van der Waals surface area contributed by atoms with Crippen molar-refractivity contribution in [3.63, 3.8) is 0 Å². The molecule has 0 amide bonds. The van der Waals surface area contributed by atoms with Gasteiger partial charge in [-0.2, -0.15) is 0 Å². The monoisotopic (exact) mass is 324 g/mol. The van der Waals surface area contributed by atoms with E-state index in [1.807, 2.05) is 54.6 Å². The van der Waals surface area contributed by atoms with E-state index in [1.54, 1.807) is 6.92 Å². The molecular formula is C20H24N2O2. The summed E-state index contributed by atoms with van der Waals surface area (Å²) in [6.45, 7) is 5.98. The molecule has 0 aromatic heterocycles. The SMILES string of the molecule is CC(=O)c1ccc(N2CCN(C[C@@H](O)c3ccccc3)CC2)cc1. The van der Waals surface area contributed by atoms with E-state index in [-0.39, 0.29) is 5.78 Å². The topological polar surface area (TPSA) is 43.8 Å². The number of piperazine rings is 1. The molecule has 24 heavy (non-hydrogen) atoms. The van der Waals surface area contributed by atoms with Gasteiger partial charge in [0.05, 0.1) is 6.10 Å². The number of carbonyl (C=O) groups excluding carboxylic acids is 1. The van der Waals surface area contributed by atoms with E-state index in [0.29, 0.717) is 6.54 Å². The van der Waals surface area contributed by atoms with Gasteiger partial charge in [0.1, 0.15) is 0 Å². The van der Waals surface area contributed by atoms with Crippen LogP contribution >= 0.6 is 0 Å². The second-order valence-electron chi connectivity index (χ2n) is 6.32. The third kappa shape index (κ3) is 4.02. The lowest BCUT2D eigenvalue weighted by molar-refractivity contribution is 0.101. The summed E-state index contributed by atoms with van der Waals surface area (Å²) < 4.78 is 0. The first-order chi connectivity index (χ1) is 11.6. The van der Waals surface area contributed by atoms with Crippen molar-refractivity contribution in [1.82, 2.24) is 4.90 Å². The Labute approximate surface area is 143 Å². The summed E-state index contributed by atoms with van der Waals surface area (Å²) in [6.07, 6.45) is -0.437. The maximum absolute atomic E-state index is 11.4. The van der Waals surface area contributed by atoms with E-state index in [0.717, 1.165) is 43.0 Å². The molecule has 0 bridgehead atoms. The predicted molar refractivity (Wildman–Crippen MR) is 96.5 cm³/mol. The van der Waals surface area contributed by atoms with Crippen LogP contribution in [0.2, 0.25) is 0 Å². The highest BCUT2D eigenvalue weighted by Gasteiger charge is 2.20. The minimum atomic E-state index is -0.437. The highest BCUT2D eigenvalue weighted by atomic mass is 16.3. The molecule has 0 aliphatic carbocycles. The van der Waals surface area contributed by atoms with Crippen molar-refractivity contribution >= 4 is 11.5 Å². The van der Waals surface area contributed by atoms with Crippen molar-refractivity contribution in [3.8, 4) is 0 Å². The van der Waals surface area contributed by atoms with Crippen LogP contribution in [0.4, 0.5) is 5.69 Å². The second kappa shape index (κ2) is 7.60. The summed E-state index contributed by atoms with van der Waals surface area (Å²) in [5.74, 6) is 0.0984. The fourth-order valence-corrected chi connectivity index (χ4v) is 3.12. The predicted octanol–water partition coefficient (Wildman–Crippen LogP) is 2.74. The summed E-state index contributed by atoms with van der Waals surface area (Å²) in [5, 5.41) is 10.4. The molecule has 2 aromatic carbocycles. The van der Waals surface area contributed by atoms with Crippen LogP contribution < -0.4 is 4.90 Å². The Morgan fingerprint density at radius 2 is 1.62 bits per heavy atom. The van der Waals surface area contributed by atoms with Crippen LogP contribution in [0.25, 0.3) is 0 Å². The number of rotatable bonds is 5. The molecule has 126 valence electrons. The zero-order valence-electron chi connectivity index (χ0n) is 14.1. The lowest BCUT2D eigenvalue weighted by Gasteiger charge is -2.37. The summed E-state index contributed by atoms with van der Waals surface area (Å²) >= 11 is 0. The number of nitrogens with zero attached hydrogens (tertiary/aromatic N) is 2. The number of aliphatic hydroxyl groups is 1. The molecule has 0 saturated carbocycles. The minimum absolute atomic E-state index is 0.0984. The molecule has 1 saturated heterocycles. The standard InChI is InChI=1S/C20H24N2O2/c1-16(23)17-7-9-19(10-8-17)22-13-11-21(12-14-22)15-20(24)18-5-3-2-4-6-18/h2-10,20,24H,11-15H2,1H3/t20-/m1/s1. The number of β-amino-alcohol motifs (C(OH)–C–C–N with tert-alkyl or cyclic N) is 1. The van der Waals surface area contributed by atoms with Crippen molar-refractivity contribution in [3.05, 3.63) is 65.7 Å². The first-order valence-corrected chi connectivity index (χ1v) is 8.45. The molecule has 4 heteroatoms. The van der Waals surface area contributed by atoms with Crippen molar-refractivity contribution in [1.29, 1.82) is 0 Å². The van der Waals surface area contributed by atoms with Gasteiger partial charge < -0.3 is 10.0 Å². The van der Waals surface area contributed by atoms with Crippen LogP contribution in [0.15, 0.2) is 54.6 Å². The summed E-state index contributed by atoms with van der Waals surface area (Å²) in [5.41, 5.74) is 2.88. The van der Waals surface area contributed by atoms with Crippen LogP contribution in [0.3, 0.4) is 0 Å². The van der Waals surface area contributed by atoms with Crippen LogP contribution in [0.5, 0.6) is 0 Å². The molecular weight excluding hydrogens is 300 g/mol. The molecule has 1 aliphatic heterocycles. The fraction of sp³-hybridized carbons (Fsp3) is 0.350. The molecule has 1 aliphatic rings. The Hall–Kier alpha value is -2.17. The van der Waals surface area contributed by atoms with Crippen LogP contribution in [-0.2, 0) is 0 Å². The number of benzene rings is 2. The van der Waals surface area contributed by atoms with Crippen LogP contribution in [0.1, 0.15) is 28.9 Å². The first kappa shape index (κ1) is 16.7. The smallest absolute Gasteiger partial charge is 0.159 e. The molecule has 1 fully saturated rings. The average molecular weight is 324 g/mol. The summed E-state index contributed by atoms with van der Waals surface area (Å²) in [4.78, 5) is 16.0. The molecule has 0 spiro atoms. The number of anilines is 1. The van der Waals surface area contributed by atoms with E-state index >= 15 is 0 Å². The van der Waals surface area contributed by atoms with E-state index in [1.165, 1.54) is 0 Å². The third-order valence-corrected chi connectivity index (χ3v) is 4.63. The van der Waals surface area contributed by atoms with E-state index in [9.17, 15) is 9.90 Å². The number of hydrogen-bond acceptors (Lipinski definition) is 4. The lowest BCUT2D eigenvalue weighted by atomic mass is 10.1. The van der Waals surface area contributed by atoms with Crippen molar-refractivity contribution < 1.29 is 9.90 Å². The molecule has 1 heterocycles. The van der Waals surface area contributed by atoms with Gasteiger partial charge in [-0.25, -0.2) is 0 Å². The molecule has 1 N–H and O–H groups in total. The Morgan fingerprint density at radius 3 is 2.21 bits per heavy atom. The number of aliphatic hydroxyl groups excluding tert-OH is 1. The van der Waals surface area contributed by atoms with E-state index < -0.39 is 6.10 Å². The third-order valence-electron chi connectivity index (χ3n) is 4.63. The van der Waals surface area contributed by atoms with Crippen molar-refractivity contribution in [2.45, 2.75) is 13.0 Å². The molecule has 2 aromatic rings. The van der Waals surface area contributed by atoms with Gasteiger partial charge in [-0.1, -0.05) is 30.3 Å². The highest BCUT2D eigenvalue weighted by molar-refractivity contribution is 5.94. The van der Waals surface area contributed by atoms with Crippen molar-refractivity contribution in [2.24, 2.45) is 0 Å². The first-order valence-electron chi connectivity index (χ1n) is 8.45. The molecule has 0 unspecified atom stereocenters. The Morgan fingerprint density at radius 1 is 1.00 bits per heavy atom. The zero-order chi connectivity index (χ0) is 16.9. The molecule has 4 nitrogen and oxygen atoms in total. The number of carbonyl (C=O) groups is 1. The molecule has 3 rings (SSSR count). The van der Waals surface area contributed by atoms with E-state index in [4.69, 9.17) is 0 Å². The maximum Gasteiger partial charge on any atom is 0.159 e. The number of ketones is 1. The normalized spacial score (nSPS) is 16.8. The van der Waals surface area contributed by atoms with Gasteiger partial charge in [0.15, 0.2) is 5.78 Å². The largest absolute Gasteiger partial charge is 0.387 e. The highest BCUT2D eigenvalue weighted by Crippen LogP contribution is 2.19. The van der Waals surface area contributed by atoms with Gasteiger partial charge in [-0.3, -0.25) is 9.69 Å². The maximum atomic E-state index is 11.4. The summed E-state index contributed by atoms with van der Waals surface area (Å²) in [7, 11) is 0. The summed E-state index contributed by atoms with van der Waals surface area (Å²) in [6, 6.07) is 17.6. The lowest BCUT2D eigenvalue weighted by Crippen LogP contribution is -2.47. The fourth-order valence-electron chi connectivity index (χ4n) is 3.12. The van der Waals surface area contributed by atoms with Crippen LogP contribution in [-0.4, -0.2) is 48.5 Å². The van der Waals surface area contributed by atoms with Gasteiger partial charge in [0.25, 0.3) is 0 Å². The second-order valence-corrected chi connectivity index (χ2v) is 6.32. The van der Waals surface area contributed by atoms with Gasteiger partial charge >= 0.3 is 0 Å². The van der Waals surface area contributed by atoms with Gasteiger partial charge in [0.2, 0.25) is 0 Å². The van der Waals surface area contributed by atoms with E-state index in [2.05, 4.69) is 9.80 Å². The Kier molecular flexibility index (Phi) is 5.28. The van der Waals surface area contributed by atoms with Gasteiger partial charge in [-0.05, 0) is 36.8 Å².